The lowest BCUT2D eigenvalue weighted by atomic mass is 10.1. The van der Waals surface area contributed by atoms with Crippen LogP contribution in [0.2, 0.25) is 15.1 Å². The van der Waals surface area contributed by atoms with Gasteiger partial charge in [0.25, 0.3) is 11.1 Å². The van der Waals surface area contributed by atoms with Gasteiger partial charge in [-0.05, 0) is 77.5 Å². The van der Waals surface area contributed by atoms with Crippen molar-refractivity contribution in [2.75, 3.05) is 14.2 Å². The number of carbonyl (C=O) groups is 3. The molecule has 37 heavy (non-hydrogen) atoms. The first-order chi connectivity index (χ1) is 17.7. The fourth-order valence-corrected chi connectivity index (χ4v) is 4.83. The zero-order valence-corrected chi connectivity index (χ0v) is 22.5. The number of esters is 1. The molecule has 0 saturated carbocycles. The van der Waals surface area contributed by atoms with Crippen molar-refractivity contribution in [3.05, 3.63) is 91.3 Å². The van der Waals surface area contributed by atoms with Gasteiger partial charge in [-0.25, -0.2) is 4.79 Å². The maximum atomic E-state index is 12.9. The maximum Gasteiger partial charge on any atom is 0.343 e. The summed E-state index contributed by atoms with van der Waals surface area (Å²) >= 11 is 19.2. The minimum absolute atomic E-state index is 0.0230. The second-order valence-corrected chi connectivity index (χ2v) is 9.88. The van der Waals surface area contributed by atoms with E-state index in [1.165, 1.54) is 26.4 Å². The normalized spacial score (nSPS) is 14.3. The van der Waals surface area contributed by atoms with Gasteiger partial charge in [0.2, 0.25) is 0 Å². The number of rotatable bonds is 7. The number of halogens is 3. The number of methoxy groups -OCH3 is 2. The Kier molecular flexibility index (Phi) is 8.34. The lowest BCUT2D eigenvalue weighted by Crippen LogP contribution is -2.27. The predicted octanol–water partition coefficient (Wildman–Crippen LogP) is 7.12. The minimum Gasteiger partial charge on any atom is -0.497 e. The summed E-state index contributed by atoms with van der Waals surface area (Å²) in [5, 5.41) is 0.368. The second kappa shape index (κ2) is 11.5. The van der Waals surface area contributed by atoms with Gasteiger partial charge in [-0.3, -0.25) is 14.5 Å². The quantitative estimate of drug-likeness (QED) is 0.168. The topological polar surface area (TPSA) is 82.1 Å². The Labute approximate surface area is 231 Å². The van der Waals surface area contributed by atoms with E-state index in [1.54, 1.807) is 48.5 Å². The Balaban J connectivity index is 1.54. The second-order valence-electron chi connectivity index (χ2n) is 7.67. The third-order valence-corrected chi connectivity index (χ3v) is 7.20. The number of hydrogen-bond acceptors (Lipinski definition) is 7. The number of thioether (sulfide) groups is 1. The first-order valence-electron chi connectivity index (χ1n) is 10.6. The van der Waals surface area contributed by atoms with Crippen LogP contribution in [0.5, 0.6) is 17.2 Å². The van der Waals surface area contributed by atoms with E-state index in [0.29, 0.717) is 32.5 Å². The highest BCUT2D eigenvalue weighted by atomic mass is 35.5. The molecule has 1 aliphatic rings. The molecule has 3 aromatic carbocycles. The van der Waals surface area contributed by atoms with E-state index >= 15 is 0 Å². The highest BCUT2D eigenvalue weighted by molar-refractivity contribution is 8.18. The number of hydrogen-bond donors (Lipinski definition) is 0. The van der Waals surface area contributed by atoms with Crippen LogP contribution in [-0.2, 0) is 11.3 Å². The van der Waals surface area contributed by atoms with E-state index < -0.39 is 17.1 Å². The summed E-state index contributed by atoms with van der Waals surface area (Å²) in [4.78, 5) is 39.4. The van der Waals surface area contributed by atoms with Crippen molar-refractivity contribution in [1.82, 2.24) is 4.90 Å². The summed E-state index contributed by atoms with van der Waals surface area (Å²) in [6, 6.07) is 14.3. The number of carbonyl (C=O) groups excluding carboxylic acids is 3. The van der Waals surface area contributed by atoms with Crippen LogP contribution in [0.1, 0.15) is 21.5 Å². The van der Waals surface area contributed by atoms with Crippen molar-refractivity contribution >= 4 is 69.8 Å². The minimum atomic E-state index is -0.640. The zero-order valence-electron chi connectivity index (χ0n) is 19.4. The van der Waals surface area contributed by atoms with E-state index in [-0.39, 0.29) is 28.0 Å². The molecule has 0 unspecified atom stereocenters. The van der Waals surface area contributed by atoms with Gasteiger partial charge < -0.3 is 14.2 Å². The summed E-state index contributed by atoms with van der Waals surface area (Å²) in [6.45, 7) is 0.0449. The van der Waals surface area contributed by atoms with Crippen LogP contribution in [-0.4, -0.2) is 36.2 Å². The Morgan fingerprint density at radius 3 is 2.30 bits per heavy atom. The van der Waals surface area contributed by atoms with Gasteiger partial charge in [0, 0.05) is 0 Å². The van der Waals surface area contributed by atoms with Crippen LogP contribution in [0.15, 0.2) is 59.5 Å². The Hall–Kier alpha value is -3.17. The molecule has 11 heteroatoms. The molecule has 0 N–H and O–H groups in total. The lowest BCUT2D eigenvalue weighted by Gasteiger charge is -2.13. The molecular formula is C26H18Cl3NO6S. The number of imide groups is 1. The van der Waals surface area contributed by atoms with Gasteiger partial charge in [-0.2, -0.15) is 0 Å². The van der Waals surface area contributed by atoms with Crippen LogP contribution in [0, 0.1) is 0 Å². The number of nitrogens with zero attached hydrogens (tertiary/aromatic N) is 1. The molecule has 2 amide bonds. The molecule has 0 aliphatic carbocycles. The smallest absolute Gasteiger partial charge is 0.343 e. The third kappa shape index (κ3) is 6.05. The van der Waals surface area contributed by atoms with Crippen LogP contribution in [0.3, 0.4) is 0 Å². The molecule has 0 spiro atoms. The fourth-order valence-electron chi connectivity index (χ4n) is 3.41. The average Bonchev–Trinajstić information content (AvgIpc) is 3.14. The van der Waals surface area contributed by atoms with Crippen LogP contribution < -0.4 is 14.2 Å². The SMILES string of the molecule is COc1ccc(C(=O)Oc2c(Cl)cc(/C=C3\SC(=O)N(Cc4ccc(Cl)c(Cl)c4)C3=O)cc2OC)cc1. The van der Waals surface area contributed by atoms with Gasteiger partial charge in [0.15, 0.2) is 11.5 Å². The molecule has 7 nitrogen and oxygen atoms in total. The highest BCUT2D eigenvalue weighted by Gasteiger charge is 2.35. The van der Waals surface area contributed by atoms with Crippen molar-refractivity contribution in [2.24, 2.45) is 0 Å². The van der Waals surface area contributed by atoms with Crippen molar-refractivity contribution in [3.8, 4) is 17.2 Å². The number of ether oxygens (including phenoxy) is 3. The standard InChI is InChI=1S/C26H18Cl3NO6S/c1-34-17-6-4-16(5-7-17)25(32)36-23-20(29)10-15(11-21(23)35-2)12-22-24(31)30(26(33)37-22)13-14-3-8-18(27)19(28)9-14/h3-12H,13H2,1-2H3/b22-12-. The summed E-state index contributed by atoms with van der Waals surface area (Å²) in [7, 11) is 2.92. The van der Waals surface area contributed by atoms with Gasteiger partial charge in [0.05, 0.1) is 46.3 Å². The summed E-state index contributed by atoms with van der Waals surface area (Å²) in [5.41, 5.74) is 1.43. The number of amides is 2. The van der Waals surface area contributed by atoms with Crippen molar-refractivity contribution in [1.29, 1.82) is 0 Å². The van der Waals surface area contributed by atoms with Gasteiger partial charge >= 0.3 is 5.97 Å². The Morgan fingerprint density at radius 1 is 0.919 bits per heavy atom. The summed E-state index contributed by atoms with van der Waals surface area (Å²) in [5.74, 6) is -0.311. The maximum absolute atomic E-state index is 12.9. The van der Waals surface area contributed by atoms with E-state index in [1.807, 2.05) is 0 Å². The fraction of sp³-hybridized carbons (Fsp3) is 0.115. The first-order valence-corrected chi connectivity index (χ1v) is 12.6. The predicted molar refractivity (Wildman–Crippen MR) is 144 cm³/mol. The lowest BCUT2D eigenvalue weighted by molar-refractivity contribution is -0.123. The molecule has 1 fully saturated rings. The molecular weight excluding hydrogens is 561 g/mol. The third-order valence-electron chi connectivity index (χ3n) is 5.27. The van der Waals surface area contributed by atoms with E-state index in [0.717, 1.165) is 16.7 Å². The summed E-state index contributed by atoms with van der Waals surface area (Å²) < 4.78 is 15.9. The van der Waals surface area contributed by atoms with Gasteiger partial charge in [-0.15, -0.1) is 0 Å². The molecule has 1 saturated heterocycles. The van der Waals surface area contributed by atoms with E-state index in [4.69, 9.17) is 49.0 Å². The highest BCUT2D eigenvalue weighted by Crippen LogP contribution is 2.40. The first kappa shape index (κ1) is 26.9. The molecule has 0 radical (unpaired) electrons. The molecule has 3 aromatic rings. The molecule has 1 heterocycles. The Bertz CT molecular complexity index is 1420. The molecule has 0 atom stereocenters. The Morgan fingerprint density at radius 2 is 1.65 bits per heavy atom. The monoisotopic (exact) mass is 577 g/mol. The summed E-state index contributed by atoms with van der Waals surface area (Å²) in [6.07, 6.45) is 1.52. The van der Waals surface area contributed by atoms with Gasteiger partial charge in [-0.1, -0.05) is 40.9 Å². The molecule has 0 bridgehead atoms. The van der Waals surface area contributed by atoms with Gasteiger partial charge in [0.1, 0.15) is 5.75 Å². The van der Waals surface area contributed by atoms with Crippen molar-refractivity contribution < 1.29 is 28.6 Å². The molecule has 0 aromatic heterocycles. The van der Waals surface area contributed by atoms with Crippen molar-refractivity contribution in [3.63, 3.8) is 0 Å². The van der Waals surface area contributed by atoms with Crippen LogP contribution in [0.4, 0.5) is 4.79 Å². The van der Waals surface area contributed by atoms with Crippen LogP contribution >= 0.6 is 46.6 Å². The van der Waals surface area contributed by atoms with Crippen molar-refractivity contribution in [2.45, 2.75) is 6.54 Å². The molecule has 190 valence electrons. The molecule has 4 rings (SSSR count). The number of benzene rings is 3. The van der Waals surface area contributed by atoms with E-state index in [2.05, 4.69) is 0 Å². The largest absolute Gasteiger partial charge is 0.497 e. The zero-order chi connectivity index (χ0) is 26.7. The van der Waals surface area contributed by atoms with Crippen LogP contribution in [0.25, 0.3) is 6.08 Å². The molecule has 1 aliphatic heterocycles. The van der Waals surface area contributed by atoms with E-state index in [9.17, 15) is 14.4 Å². The average molecular weight is 579 g/mol.